The van der Waals surface area contributed by atoms with E-state index in [-0.39, 0.29) is 12.2 Å². The first-order valence-corrected chi connectivity index (χ1v) is 8.42. The van der Waals surface area contributed by atoms with Crippen molar-refractivity contribution in [3.05, 3.63) is 29.3 Å². The van der Waals surface area contributed by atoms with Gasteiger partial charge < -0.3 is 10.5 Å². The van der Waals surface area contributed by atoms with Crippen LogP contribution in [0.15, 0.2) is 18.2 Å². The second kappa shape index (κ2) is 6.46. The van der Waals surface area contributed by atoms with E-state index in [2.05, 4.69) is 0 Å². The second-order valence-corrected chi connectivity index (χ2v) is 7.76. The van der Waals surface area contributed by atoms with E-state index >= 15 is 0 Å². The van der Waals surface area contributed by atoms with Crippen molar-refractivity contribution in [1.29, 1.82) is 0 Å². The second-order valence-electron chi connectivity index (χ2n) is 7.76. The topological polar surface area (TPSA) is 72.6 Å². The lowest BCUT2D eigenvalue weighted by Gasteiger charge is -2.35. The van der Waals surface area contributed by atoms with Gasteiger partial charge in [-0.3, -0.25) is 9.69 Å². The van der Waals surface area contributed by atoms with Gasteiger partial charge in [0.2, 0.25) is 0 Å². The van der Waals surface area contributed by atoms with E-state index < -0.39 is 17.2 Å². The van der Waals surface area contributed by atoms with Crippen LogP contribution in [0.4, 0.5) is 10.5 Å². The summed E-state index contributed by atoms with van der Waals surface area (Å²) < 4.78 is 5.47. The van der Waals surface area contributed by atoms with Gasteiger partial charge in [0.05, 0.1) is 0 Å². The molecule has 1 amide bonds. The van der Waals surface area contributed by atoms with Crippen LogP contribution < -0.4 is 5.73 Å². The summed E-state index contributed by atoms with van der Waals surface area (Å²) in [5.74, 6) is 0.00293. The Balaban J connectivity index is 2.20. The van der Waals surface area contributed by atoms with Crippen LogP contribution in [0.2, 0.25) is 0 Å². The highest BCUT2D eigenvalue weighted by atomic mass is 16.6. The van der Waals surface area contributed by atoms with E-state index in [1.54, 1.807) is 4.90 Å². The molecular weight excluding hydrogens is 304 g/mol. The molecule has 1 aromatic carbocycles. The van der Waals surface area contributed by atoms with Crippen LogP contribution in [0.3, 0.4) is 0 Å². The van der Waals surface area contributed by atoms with Crippen LogP contribution >= 0.6 is 0 Å². The zero-order valence-corrected chi connectivity index (χ0v) is 15.3. The molecule has 1 heterocycles. The fraction of sp³-hybridized carbons (Fsp3) is 0.579. The first kappa shape index (κ1) is 18.3. The number of likely N-dealkylation sites (tertiary alicyclic amines) is 1. The number of aryl methyl sites for hydroxylation is 1. The Morgan fingerprint density at radius 1 is 1.33 bits per heavy atom. The van der Waals surface area contributed by atoms with Gasteiger partial charge in [0.1, 0.15) is 11.1 Å². The molecule has 1 aliphatic rings. The smallest absolute Gasteiger partial charge is 0.411 e. The largest absolute Gasteiger partial charge is 0.444 e. The Morgan fingerprint density at radius 2 is 2.00 bits per heavy atom. The number of amides is 1. The van der Waals surface area contributed by atoms with Gasteiger partial charge in [-0.15, -0.1) is 0 Å². The lowest BCUT2D eigenvalue weighted by Crippen LogP contribution is -2.52. The molecule has 0 saturated carbocycles. The van der Waals surface area contributed by atoms with Crippen molar-refractivity contribution in [3.63, 3.8) is 0 Å². The van der Waals surface area contributed by atoms with Crippen molar-refractivity contribution in [2.24, 2.45) is 0 Å². The number of carbonyl (C=O) groups is 2. The van der Waals surface area contributed by atoms with Gasteiger partial charge in [0, 0.05) is 18.7 Å². The zero-order chi connectivity index (χ0) is 18.1. The van der Waals surface area contributed by atoms with Gasteiger partial charge in [-0.1, -0.05) is 18.2 Å². The highest BCUT2D eigenvalue weighted by Gasteiger charge is 2.46. The highest BCUT2D eigenvalue weighted by Crippen LogP contribution is 2.33. The fourth-order valence-electron chi connectivity index (χ4n) is 3.12. The number of ketones is 1. The summed E-state index contributed by atoms with van der Waals surface area (Å²) in [4.78, 5) is 27.0. The van der Waals surface area contributed by atoms with Crippen molar-refractivity contribution in [2.45, 2.75) is 65.0 Å². The van der Waals surface area contributed by atoms with Gasteiger partial charge in [0.15, 0.2) is 5.78 Å². The number of Topliss-reactive ketones (excluding diaryl/α,β-unsaturated/α-hetero) is 1. The number of anilines is 1. The van der Waals surface area contributed by atoms with Crippen LogP contribution in [-0.2, 0) is 16.0 Å². The Morgan fingerprint density at radius 3 is 2.62 bits per heavy atom. The Labute approximate surface area is 144 Å². The summed E-state index contributed by atoms with van der Waals surface area (Å²) in [5.41, 5.74) is 7.10. The number of para-hydroxylation sites is 1. The molecule has 132 valence electrons. The Kier molecular flexibility index (Phi) is 4.92. The molecule has 0 aromatic heterocycles. The standard InChI is InChI=1S/C19H28N2O3/c1-13-8-6-9-14(16(13)20)12-15(22)19(5)10-7-11-21(19)17(23)24-18(2,3)4/h6,8-9H,7,10-12,20H2,1-5H3/t19-/m0/s1. The number of ether oxygens (including phenoxy) is 1. The Hall–Kier alpha value is -2.04. The molecule has 2 N–H and O–H groups in total. The van der Waals surface area contributed by atoms with Crippen molar-refractivity contribution in [1.82, 2.24) is 4.90 Å². The van der Waals surface area contributed by atoms with Crippen molar-refractivity contribution in [2.75, 3.05) is 12.3 Å². The maximum atomic E-state index is 13.0. The van der Waals surface area contributed by atoms with Gasteiger partial charge in [-0.05, 0) is 58.6 Å². The summed E-state index contributed by atoms with van der Waals surface area (Å²) in [6.07, 6.45) is 1.25. The van der Waals surface area contributed by atoms with Crippen LogP contribution in [0.5, 0.6) is 0 Å². The van der Waals surface area contributed by atoms with Gasteiger partial charge in [-0.25, -0.2) is 4.79 Å². The maximum Gasteiger partial charge on any atom is 0.411 e. The molecule has 1 fully saturated rings. The first-order valence-electron chi connectivity index (χ1n) is 8.42. The molecule has 1 aliphatic heterocycles. The highest BCUT2D eigenvalue weighted by molar-refractivity contribution is 5.94. The molecule has 1 saturated heterocycles. The minimum atomic E-state index is -0.835. The SMILES string of the molecule is Cc1cccc(CC(=O)[C@]2(C)CCCN2C(=O)OC(C)(C)C)c1N. The number of hydrogen-bond acceptors (Lipinski definition) is 4. The minimum absolute atomic E-state index is 0.00293. The van der Waals surface area contributed by atoms with E-state index in [0.29, 0.717) is 18.7 Å². The number of nitrogen functional groups attached to an aromatic ring is 1. The normalized spacial score (nSPS) is 21.0. The molecule has 24 heavy (non-hydrogen) atoms. The molecule has 5 nitrogen and oxygen atoms in total. The fourth-order valence-corrected chi connectivity index (χ4v) is 3.12. The van der Waals surface area contributed by atoms with Crippen molar-refractivity contribution in [3.8, 4) is 0 Å². The molecule has 1 aromatic rings. The molecule has 0 aliphatic carbocycles. The van der Waals surface area contributed by atoms with E-state index in [0.717, 1.165) is 17.5 Å². The Bertz CT molecular complexity index is 649. The van der Waals surface area contributed by atoms with Crippen molar-refractivity contribution >= 4 is 17.6 Å². The lowest BCUT2D eigenvalue weighted by atomic mass is 9.88. The number of hydrogen-bond donors (Lipinski definition) is 1. The van der Waals surface area contributed by atoms with Crippen LogP contribution in [0.25, 0.3) is 0 Å². The van der Waals surface area contributed by atoms with E-state index in [9.17, 15) is 9.59 Å². The lowest BCUT2D eigenvalue weighted by molar-refractivity contribution is -0.128. The molecule has 5 heteroatoms. The molecule has 2 rings (SSSR count). The van der Waals surface area contributed by atoms with Gasteiger partial charge in [0.25, 0.3) is 0 Å². The predicted octanol–water partition coefficient (Wildman–Crippen LogP) is 3.48. The molecule has 0 unspecified atom stereocenters. The van der Waals surface area contributed by atoms with E-state index in [4.69, 9.17) is 10.5 Å². The summed E-state index contributed by atoms with van der Waals surface area (Å²) in [6, 6.07) is 5.70. The third-order valence-electron chi connectivity index (χ3n) is 4.62. The van der Waals surface area contributed by atoms with Gasteiger partial charge in [-0.2, -0.15) is 0 Å². The van der Waals surface area contributed by atoms with Crippen LogP contribution in [0, 0.1) is 6.92 Å². The minimum Gasteiger partial charge on any atom is -0.444 e. The van der Waals surface area contributed by atoms with Crippen LogP contribution in [0.1, 0.15) is 51.7 Å². The zero-order valence-electron chi connectivity index (χ0n) is 15.3. The molecule has 0 spiro atoms. The summed E-state index contributed by atoms with van der Waals surface area (Å²) in [7, 11) is 0. The monoisotopic (exact) mass is 332 g/mol. The number of nitrogens with zero attached hydrogens (tertiary/aromatic N) is 1. The summed E-state index contributed by atoms with van der Waals surface area (Å²) in [5, 5.41) is 0. The third-order valence-corrected chi connectivity index (χ3v) is 4.62. The predicted molar refractivity (Wildman–Crippen MR) is 94.9 cm³/mol. The number of carbonyl (C=O) groups excluding carboxylic acids is 2. The molecule has 0 radical (unpaired) electrons. The number of nitrogens with two attached hydrogens (primary N) is 1. The van der Waals surface area contributed by atoms with Crippen molar-refractivity contribution < 1.29 is 14.3 Å². The maximum absolute atomic E-state index is 13.0. The third kappa shape index (κ3) is 3.71. The quantitative estimate of drug-likeness (QED) is 0.860. The average Bonchev–Trinajstić information content (AvgIpc) is 2.85. The number of rotatable bonds is 3. The molecule has 0 bridgehead atoms. The number of benzene rings is 1. The first-order chi connectivity index (χ1) is 11.0. The molecule has 1 atom stereocenters. The van der Waals surface area contributed by atoms with E-state index in [1.165, 1.54) is 0 Å². The molecular formula is C19H28N2O3. The average molecular weight is 332 g/mol. The summed E-state index contributed by atoms with van der Waals surface area (Å²) in [6.45, 7) is 9.78. The van der Waals surface area contributed by atoms with Crippen LogP contribution in [-0.4, -0.2) is 34.5 Å². The van der Waals surface area contributed by atoms with Gasteiger partial charge >= 0.3 is 6.09 Å². The van der Waals surface area contributed by atoms with E-state index in [1.807, 2.05) is 52.8 Å². The summed E-state index contributed by atoms with van der Waals surface area (Å²) >= 11 is 0.